The van der Waals surface area contributed by atoms with Gasteiger partial charge in [-0.3, -0.25) is 19.9 Å². The molecular weight excluding hydrogens is 210 g/mol. The van der Waals surface area contributed by atoms with Crippen LogP contribution in [0.4, 0.5) is 0 Å². The Labute approximate surface area is 92.7 Å². The van der Waals surface area contributed by atoms with Gasteiger partial charge in [0.15, 0.2) is 6.10 Å². The van der Waals surface area contributed by atoms with Crippen molar-refractivity contribution in [2.75, 3.05) is 0 Å². The van der Waals surface area contributed by atoms with E-state index < -0.39 is 17.9 Å². The fourth-order valence-corrected chi connectivity index (χ4v) is 1.12. The van der Waals surface area contributed by atoms with Crippen molar-refractivity contribution in [3.05, 3.63) is 35.9 Å². The molecule has 6 heteroatoms. The van der Waals surface area contributed by atoms with Crippen molar-refractivity contribution >= 4 is 11.8 Å². The summed E-state index contributed by atoms with van der Waals surface area (Å²) in [5, 5.41) is 0. The molecule has 1 rings (SSSR count). The van der Waals surface area contributed by atoms with Crippen LogP contribution in [0.3, 0.4) is 0 Å². The molecule has 86 valence electrons. The van der Waals surface area contributed by atoms with Gasteiger partial charge in [0.25, 0.3) is 5.91 Å². The second-order valence-corrected chi connectivity index (χ2v) is 3.08. The van der Waals surface area contributed by atoms with Crippen molar-refractivity contribution in [3.63, 3.8) is 0 Å². The minimum Gasteiger partial charge on any atom is -0.292 e. The summed E-state index contributed by atoms with van der Waals surface area (Å²) in [4.78, 5) is 27.1. The van der Waals surface area contributed by atoms with Crippen molar-refractivity contribution in [2.24, 2.45) is 5.84 Å². The van der Waals surface area contributed by atoms with Gasteiger partial charge in [-0.2, -0.15) is 0 Å². The van der Waals surface area contributed by atoms with Crippen molar-refractivity contribution in [1.82, 2.24) is 10.9 Å². The van der Waals surface area contributed by atoms with Crippen LogP contribution in [0.15, 0.2) is 30.3 Å². The van der Waals surface area contributed by atoms with Crippen LogP contribution < -0.4 is 16.7 Å². The standard InChI is InChI=1S/C10H13N3O3/c1-7(14)13-16-9(10(15)12-11)8-5-3-2-4-6-8/h2-6,9H,11H2,1H3,(H,12,15)(H,13,14). The fourth-order valence-electron chi connectivity index (χ4n) is 1.12. The highest BCUT2D eigenvalue weighted by atomic mass is 16.7. The third kappa shape index (κ3) is 3.34. The largest absolute Gasteiger partial charge is 0.292 e. The molecule has 0 aromatic heterocycles. The molecule has 0 saturated heterocycles. The van der Waals surface area contributed by atoms with Gasteiger partial charge in [0.1, 0.15) is 0 Å². The average molecular weight is 223 g/mol. The number of amides is 2. The molecule has 4 N–H and O–H groups in total. The number of carbonyl (C=O) groups excluding carboxylic acids is 2. The molecule has 2 amide bonds. The van der Waals surface area contributed by atoms with Gasteiger partial charge in [-0.1, -0.05) is 30.3 Å². The number of hydroxylamine groups is 1. The zero-order valence-corrected chi connectivity index (χ0v) is 8.77. The highest BCUT2D eigenvalue weighted by Gasteiger charge is 2.21. The van der Waals surface area contributed by atoms with E-state index in [2.05, 4.69) is 5.48 Å². The molecule has 0 saturated carbocycles. The molecular formula is C10H13N3O3. The van der Waals surface area contributed by atoms with Gasteiger partial charge in [-0.25, -0.2) is 11.3 Å². The predicted octanol–water partition coefficient (Wildman–Crippen LogP) is -0.215. The van der Waals surface area contributed by atoms with Crippen LogP contribution in [-0.4, -0.2) is 11.8 Å². The smallest absolute Gasteiger partial charge is 0.270 e. The molecule has 0 bridgehead atoms. The maximum absolute atomic E-state index is 11.4. The Kier molecular flexibility index (Phi) is 4.43. The third-order valence-corrected chi connectivity index (χ3v) is 1.80. The van der Waals surface area contributed by atoms with E-state index in [1.54, 1.807) is 30.3 Å². The van der Waals surface area contributed by atoms with Gasteiger partial charge < -0.3 is 0 Å². The number of hydrazine groups is 1. The van der Waals surface area contributed by atoms with Crippen LogP contribution in [0, 0.1) is 0 Å². The minimum atomic E-state index is -0.963. The third-order valence-electron chi connectivity index (χ3n) is 1.80. The number of hydrogen-bond donors (Lipinski definition) is 3. The zero-order chi connectivity index (χ0) is 12.0. The maximum Gasteiger partial charge on any atom is 0.270 e. The van der Waals surface area contributed by atoms with Crippen molar-refractivity contribution in [2.45, 2.75) is 13.0 Å². The Hall–Kier alpha value is -1.92. The Balaban J connectivity index is 2.79. The number of rotatable bonds is 4. The Morgan fingerprint density at radius 2 is 1.94 bits per heavy atom. The number of nitrogens with two attached hydrogens (primary N) is 1. The first-order valence-electron chi connectivity index (χ1n) is 4.62. The molecule has 1 unspecified atom stereocenters. The normalized spacial score (nSPS) is 11.6. The van der Waals surface area contributed by atoms with E-state index in [1.807, 2.05) is 5.43 Å². The SMILES string of the molecule is CC(=O)NOC(C(=O)NN)c1ccccc1. The Morgan fingerprint density at radius 3 is 2.44 bits per heavy atom. The van der Waals surface area contributed by atoms with Crippen molar-refractivity contribution in [1.29, 1.82) is 0 Å². The van der Waals surface area contributed by atoms with E-state index in [1.165, 1.54) is 6.92 Å². The van der Waals surface area contributed by atoms with E-state index >= 15 is 0 Å². The van der Waals surface area contributed by atoms with E-state index in [-0.39, 0.29) is 0 Å². The summed E-state index contributed by atoms with van der Waals surface area (Å²) in [5.74, 6) is 4.09. The summed E-state index contributed by atoms with van der Waals surface area (Å²) in [5.41, 5.74) is 4.67. The summed E-state index contributed by atoms with van der Waals surface area (Å²) in [6.07, 6.45) is -0.963. The second-order valence-electron chi connectivity index (χ2n) is 3.08. The number of carbonyl (C=O) groups is 2. The summed E-state index contributed by atoms with van der Waals surface area (Å²) in [6, 6.07) is 8.70. The summed E-state index contributed by atoms with van der Waals surface area (Å²) in [6.45, 7) is 1.28. The molecule has 0 heterocycles. The highest BCUT2D eigenvalue weighted by Crippen LogP contribution is 2.15. The summed E-state index contributed by atoms with van der Waals surface area (Å²) < 4.78 is 0. The van der Waals surface area contributed by atoms with E-state index in [4.69, 9.17) is 10.7 Å². The lowest BCUT2D eigenvalue weighted by molar-refractivity contribution is -0.147. The number of nitrogens with one attached hydrogen (secondary N) is 2. The summed E-state index contributed by atoms with van der Waals surface area (Å²) >= 11 is 0. The Morgan fingerprint density at radius 1 is 1.31 bits per heavy atom. The van der Waals surface area contributed by atoms with Crippen LogP contribution in [0.2, 0.25) is 0 Å². The first-order chi connectivity index (χ1) is 7.65. The first kappa shape index (κ1) is 12.2. The molecule has 1 aromatic rings. The first-order valence-corrected chi connectivity index (χ1v) is 4.62. The number of benzene rings is 1. The quantitative estimate of drug-likeness (QED) is 0.374. The minimum absolute atomic E-state index is 0.397. The van der Waals surface area contributed by atoms with E-state index in [0.717, 1.165) is 0 Å². The molecule has 6 nitrogen and oxygen atoms in total. The van der Waals surface area contributed by atoms with Gasteiger partial charge in [0, 0.05) is 6.92 Å². The molecule has 0 fully saturated rings. The predicted molar refractivity (Wildman–Crippen MR) is 56.4 cm³/mol. The lowest BCUT2D eigenvalue weighted by atomic mass is 10.1. The lowest BCUT2D eigenvalue weighted by Crippen LogP contribution is -2.38. The fraction of sp³-hybridized carbons (Fsp3) is 0.200. The molecule has 0 spiro atoms. The summed E-state index contributed by atoms with van der Waals surface area (Å²) in [7, 11) is 0. The second kappa shape index (κ2) is 5.84. The van der Waals surface area contributed by atoms with Crippen LogP contribution in [-0.2, 0) is 14.4 Å². The van der Waals surface area contributed by atoms with Crippen LogP contribution >= 0.6 is 0 Å². The maximum atomic E-state index is 11.4. The van der Waals surface area contributed by atoms with Gasteiger partial charge in [-0.05, 0) is 5.56 Å². The lowest BCUT2D eigenvalue weighted by Gasteiger charge is -2.15. The molecule has 1 atom stereocenters. The van der Waals surface area contributed by atoms with Gasteiger partial charge in [-0.15, -0.1) is 0 Å². The topological polar surface area (TPSA) is 93.4 Å². The van der Waals surface area contributed by atoms with Gasteiger partial charge in [0.05, 0.1) is 0 Å². The Bertz CT molecular complexity index is 367. The van der Waals surface area contributed by atoms with Crippen LogP contribution in [0.5, 0.6) is 0 Å². The van der Waals surface area contributed by atoms with E-state index in [9.17, 15) is 9.59 Å². The van der Waals surface area contributed by atoms with Gasteiger partial charge >= 0.3 is 0 Å². The molecule has 1 aromatic carbocycles. The van der Waals surface area contributed by atoms with Crippen molar-refractivity contribution < 1.29 is 14.4 Å². The monoisotopic (exact) mass is 223 g/mol. The molecule has 0 aliphatic rings. The number of hydrogen-bond acceptors (Lipinski definition) is 4. The zero-order valence-electron chi connectivity index (χ0n) is 8.77. The van der Waals surface area contributed by atoms with Crippen LogP contribution in [0.1, 0.15) is 18.6 Å². The average Bonchev–Trinajstić information content (AvgIpc) is 2.30. The highest BCUT2D eigenvalue weighted by molar-refractivity contribution is 5.82. The molecule has 0 aliphatic heterocycles. The molecule has 0 radical (unpaired) electrons. The van der Waals surface area contributed by atoms with Crippen molar-refractivity contribution in [3.8, 4) is 0 Å². The molecule has 0 aliphatic carbocycles. The van der Waals surface area contributed by atoms with Crippen LogP contribution in [0.25, 0.3) is 0 Å². The molecule has 16 heavy (non-hydrogen) atoms. The van der Waals surface area contributed by atoms with Gasteiger partial charge in [0.2, 0.25) is 5.91 Å². The van der Waals surface area contributed by atoms with E-state index in [0.29, 0.717) is 5.56 Å².